The van der Waals surface area contributed by atoms with Crippen LogP contribution in [0.2, 0.25) is 0 Å². The first-order chi connectivity index (χ1) is 13.5. The van der Waals surface area contributed by atoms with Crippen molar-refractivity contribution in [2.75, 3.05) is 0 Å². The molecule has 3 rings (SSSR count). The Bertz CT molecular complexity index is 928. The Labute approximate surface area is 162 Å². The molecule has 142 valence electrons. The summed E-state index contributed by atoms with van der Waals surface area (Å²) in [5.74, 6) is -1.15. The van der Waals surface area contributed by atoms with Gasteiger partial charge >= 0.3 is 0 Å². The van der Waals surface area contributed by atoms with Crippen LogP contribution in [0, 0.1) is 12.7 Å². The Morgan fingerprint density at radius 1 is 0.893 bits per heavy atom. The number of nitrogens with one attached hydrogen (secondary N) is 2. The first kappa shape index (κ1) is 19.2. The van der Waals surface area contributed by atoms with Gasteiger partial charge in [-0.1, -0.05) is 42.5 Å². The average Bonchev–Trinajstić information content (AvgIpc) is 2.72. The van der Waals surface area contributed by atoms with Crippen molar-refractivity contribution in [1.29, 1.82) is 0 Å². The van der Waals surface area contributed by atoms with Crippen molar-refractivity contribution in [3.63, 3.8) is 0 Å². The number of hydrogen-bond donors (Lipinski definition) is 2. The number of aromatic nitrogens is 1. The Balaban J connectivity index is 1.62. The van der Waals surface area contributed by atoms with Crippen LogP contribution in [0.15, 0.2) is 66.9 Å². The highest BCUT2D eigenvalue weighted by Crippen LogP contribution is 2.09. The van der Waals surface area contributed by atoms with Crippen LogP contribution >= 0.6 is 0 Å². The number of pyridine rings is 1. The maximum absolute atomic E-state index is 13.7. The van der Waals surface area contributed by atoms with Crippen LogP contribution in [0.5, 0.6) is 0 Å². The zero-order chi connectivity index (χ0) is 19.9. The van der Waals surface area contributed by atoms with E-state index in [1.54, 1.807) is 18.2 Å². The zero-order valence-corrected chi connectivity index (χ0v) is 15.4. The fourth-order valence-corrected chi connectivity index (χ4v) is 2.69. The molecule has 1 heterocycles. The van der Waals surface area contributed by atoms with Crippen molar-refractivity contribution in [3.8, 4) is 0 Å². The van der Waals surface area contributed by atoms with Gasteiger partial charge < -0.3 is 10.6 Å². The quantitative estimate of drug-likeness (QED) is 0.692. The third-order valence-corrected chi connectivity index (χ3v) is 4.35. The number of aryl methyl sites for hydroxylation is 1. The van der Waals surface area contributed by atoms with Gasteiger partial charge in [0.05, 0.1) is 0 Å². The number of hydrogen-bond acceptors (Lipinski definition) is 3. The number of amides is 2. The van der Waals surface area contributed by atoms with Gasteiger partial charge in [0.15, 0.2) is 0 Å². The fourth-order valence-electron chi connectivity index (χ4n) is 2.69. The second-order valence-corrected chi connectivity index (χ2v) is 6.31. The number of rotatable bonds is 6. The van der Waals surface area contributed by atoms with Gasteiger partial charge in [-0.05, 0) is 36.2 Å². The molecule has 1 aromatic heterocycles. The Hall–Kier alpha value is -3.54. The van der Waals surface area contributed by atoms with Crippen molar-refractivity contribution >= 4 is 11.8 Å². The molecular weight excluding hydrogens is 357 g/mol. The minimum atomic E-state index is -0.404. The second-order valence-electron chi connectivity index (χ2n) is 6.31. The first-order valence-corrected chi connectivity index (χ1v) is 8.85. The largest absolute Gasteiger partial charge is 0.348 e. The maximum Gasteiger partial charge on any atom is 0.270 e. The molecule has 2 amide bonds. The van der Waals surface area contributed by atoms with Crippen LogP contribution in [0.25, 0.3) is 0 Å². The van der Waals surface area contributed by atoms with Crippen LogP contribution in [0.1, 0.15) is 37.5 Å². The van der Waals surface area contributed by atoms with Crippen molar-refractivity contribution in [2.24, 2.45) is 0 Å². The molecule has 0 spiro atoms. The van der Waals surface area contributed by atoms with E-state index in [1.807, 2.05) is 31.2 Å². The van der Waals surface area contributed by atoms with Crippen LogP contribution in [0.3, 0.4) is 0 Å². The van der Waals surface area contributed by atoms with E-state index in [4.69, 9.17) is 0 Å². The van der Waals surface area contributed by atoms with Crippen LogP contribution in [-0.2, 0) is 13.1 Å². The zero-order valence-electron chi connectivity index (χ0n) is 15.4. The number of nitrogens with zero attached hydrogens (tertiary/aromatic N) is 1. The molecule has 3 aromatic rings. The Kier molecular flexibility index (Phi) is 6.11. The summed E-state index contributed by atoms with van der Waals surface area (Å²) >= 11 is 0. The summed E-state index contributed by atoms with van der Waals surface area (Å²) in [6.45, 7) is 2.40. The van der Waals surface area contributed by atoms with Crippen LogP contribution < -0.4 is 10.6 Å². The van der Waals surface area contributed by atoms with Gasteiger partial charge in [-0.3, -0.25) is 14.6 Å². The summed E-state index contributed by atoms with van der Waals surface area (Å²) in [4.78, 5) is 28.7. The van der Waals surface area contributed by atoms with E-state index in [0.29, 0.717) is 12.1 Å². The molecule has 2 N–H and O–H groups in total. The molecule has 0 aliphatic rings. The van der Waals surface area contributed by atoms with E-state index in [9.17, 15) is 14.0 Å². The van der Waals surface area contributed by atoms with Crippen LogP contribution in [-0.4, -0.2) is 16.8 Å². The predicted molar refractivity (Wildman–Crippen MR) is 104 cm³/mol. The van der Waals surface area contributed by atoms with Gasteiger partial charge in [-0.15, -0.1) is 0 Å². The van der Waals surface area contributed by atoms with Gasteiger partial charge in [0.25, 0.3) is 11.8 Å². The number of halogens is 1. The third kappa shape index (κ3) is 4.79. The van der Waals surface area contributed by atoms with E-state index < -0.39 is 5.91 Å². The topological polar surface area (TPSA) is 71.1 Å². The van der Waals surface area contributed by atoms with Gasteiger partial charge in [0, 0.05) is 30.4 Å². The summed E-state index contributed by atoms with van der Waals surface area (Å²) in [6.07, 6.45) is 1.40. The van der Waals surface area contributed by atoms with E-state index >= 15 is 0 Å². The molecule has 0 radical (unpaired) electrons. The minimum Gasteiger partial charge on any atom is -0.348 e. The molecule has 0 unspecified atom stereocenters. The monoisotopic (exact) mass is 377 g/mol. The first-order valence-electron chi connectivity index (χ1n) is 8.85. The average molecular weight is 377 g/mol. The van der Waals surface area contributed by atoms with Gasteiger partial charge in [0.2, 0.25) is 0 Å². The van der Waals surface area contributed by atoms with Gasteiger partial charge in [-0.2, -0.15) is 0 Å². The highest BCUT2D eigenvalue weighted by molar-refractivity contribution is 5.98. The van der Waals surface area contributed by atoms with Crippen molar-refractivity contribution < 1.29 is 14.0 Å². The van der Waals surface area contributed by atoms with E-state index in [1.165, 1.54) is 24.4 Å². The molecule has 0 aliphatic heterocycles. The lowest BCUT2D eigenvalue weighted by molar-refractivity contribution is 0.0946. The SMILES string of the molecule is Cc1ccccc1CNC(=O)c1cc(C(=O)NCc2ccccc2F)ccn1. The number of benzene rings is 2. The van der Waals surface area contributed by atoms with Crippen molar-refractivity contribution in [1.82, 2.24) is 15.6 Å². The van der Waals surface area contributed by atoms with Crippen molar-refractivity contribution in [2.45, 2.75) is 20.0 Å². The van der Waals surface area contributed by atoms with E-state index in [-0.39, 0.29) is 29.5 Å². The normalized spacial score (nSPS) is 10.4. The van der Waals surface area contributed by atoms with Crippen molar-refractivity contribution in [3.05, 3.63) is 101 Å². The number of carbonyl (C=O) groups excluding carboxylic acids is 2. The lowest BCUT2D eigenvalue weighted by atomic mass is 10.1. The third-order valence-electron chi connectivity index (χ3n) is 4.35. The molecule has 5 nitrogen and oxygen atoms in total. The Morgan fingerprint density at radius 2 is 1.54 bits per heavy atom. The smallest absolute Gasteiger partial charge is 0.270 e. The van der Waals surface area contributed by atoms with Gasteiger partial charge in [-0.25, -0.2) is 4.39 Å². The molecule has 0 bridgehead atoms. The summed E-state index contributed by atoms with van der Waals surface area (Å²) in [7, 11) is 0. The van der Waals surface area contributed by atoms with Gasteiger partial charge in [0.1, 0.15) is 11.5 Å². The summed E-state index contributed by atoms with van der Waals surface area (Å²) in [5.41, 5.74) is 2.91. The molecular formula is C22H20FN3O2. The summed E-state index contributed by atoms with van der Waals surface area (Å²) < 4.78 is 13.7. The summed E-state index contributed by atoms with van der Waals surface area (Å²) in [6, 6.07) is 16.9. The lowest BCUT2D eigenvalue weighted by Crippen LogP contribution is -2.26. The molecule has 2 aromatic carbocycles. The fraction of sp³-hybridized carbons (Fsp3) is 0.136. The lowest BCUT2D eigenvalue weighted by Gasteiger charge is -2.09. The molecule has 0 atom stereocenters. The predicted octanol–water partition coefficient (Wildman–Crippen LogP) is 3.39. The molecule has 0 fully saturated rings. The minimum absolute atomic E-state index is 0.0582. The standard InChI is InChI=1S/C22H20FN3O2/c1-15-6-2-3-7-17(15)13-26-22(28)20-12-16(10-11-24-20)21(27)25-14-18-8-4-5-9-19(18)23/h2-12H,13-14H2,1H3,(H,25,27)(H,26,28). The maximum atomic E-state index is 13.7. The Morgan fingerprint density at radius 3 is 2.29 bits per heavy atom. The van der Waals surface area contributed by atoms with E-state index in [2.05, 4.69) is 15.6 Å². The highest BCUT2D eigenvalue weighted by Gasteiger charge is 2.12. The molecule has 0 saturated carbocycles. The number of carbonyl (C=O) groups is 2. The summed E-state index contributed by atoms with van der Waals surface area (Å²) in [5, 5.41) is 5.45. The molecule has 0 saturated heterocycles. The molecule has 0 aliphatic carbocycles. The molecule has 28 heavy (non-hydrogen) atoms. The highest BCUT2D eigenvalue weighted by atomic mass is 19.1. The van der Waals surface area contributed by atoms with E-state index in [0.717, 1.165) is 11.1 Å². The molecule has 6 heteroatoms. The second kappa shape index (κ2) is 8.90. The van der Waals surface area contributed by atoms with Crippen LogP contribution in [0.4, 0.5) is 4.39 Å².